The molecular formula is C13H9Cl2F. The molecule has 0 fully saturated rings. The van der Waals surface area contributed by atoms with E-state index in [1.54, 1.807) is 30.3 Å². The smallest absolute Gasteiger partial charge is 0.170 e. The molecule has 3 heteroatoms. The summed E-state index contributed by atoms with van der Waals surface area (Å²) in [4.78, 5) is 0. The van der Waals surface area contributed by atoms with Crippen molar-refractivity contribution in [2.24, 2.45) is 0 Å². The van der Waals surface area contributed by atoms with Crippen molar-refractivity contribution in [2.45, 2.75) is 4.33 Å². The van der Waals surface area contributed by atoms with Crippen LogP contribution in [-0.2, 0) is 4.33 Å². The highest BCUT2D eigenvalue weighted by Gasteiger charge is 2.31. The maximum Gasteiger partial charge on any atom is 0.170 e. The summed E-state index contributed by atoms with van der Waals surface area (Å²) >= 11 is 12.4. The van der Waals surface area contributed by atoms with Crippen LogP contribution in [0.2, 0.25) is 0 Å². The summed E-state index contributed by atoms with van der Waals surface area (Å²) in [5.74, 6) is -0.406. The third-order valence-corrected chi connectivity index (χ3v) is 3.19. The van der Waals surface area contributed by atoms with E-state index in [-0.39, 0.29) is 5.56 Å². The molecule has 0 unspecified atom stereocenters. The Kier molecular flexibility index (Phi) is 3.17. The van der Waals surface area contributed by atoms with Crippen LogP contribution in [0.4, 0.5) is 4.39 Å². The molecule has 0 amide bonds. The van der Waals surface area contributed by atoms with Crippen molar-refractivity contribution in [3.8, 4) is 0 Å². The molecule has 2 aromatic rings. The van der Waals surface area contributed by atoms with Crippen LogP contribution >= 0.6 is 23.2 Å². The van der Waals surface area contributed by atoms with Gasteiger partial charge >= 0.3 is 0 Å². The average Bonchev–Trinajstić information content (AvgIpc) is 2.30. The maximum absolute atomic E-state index is 13.6. The average molecular weight is 255 g/mol. The van der Waals surface area contributed by atoms with Gasteiger partial charge in [0.05, 0.1) is 0 Å². The monoisotopic (exact) mass is 254 g/mol. The van der Waals surface area contributed by atoms with Crippen molar-refractivity contribution in [3.05, 3.63) is 71.5 Å². The predicted molar refractivity (Wildman–Crippen MR) is 65.3 cm³/mol. The van der Waals surface area contributed by atoms with Crippen LogP contribution in [0.25, 0.3) is 0 Å². The molecule has 0 heterocycles. The van der Waals surface area contributed by atoms with Crippen molar-refractivity contribution < 1.29 is 4.39 Å². The highest BCUT2D eigenvalue weighted by Crippen LogP contribution is 2.41. The lowest BCUT2D eigenvalue weighted by molar-refractivity contribution is 0.608. The van der Waals surface area contributed by atoms with E-state index in [0.29, 0.717) is 5.56 Å². The lowest BCUT2D eigenvalue weighted by Crippen LogP contribution is -2.14. The first-order valence-electron chi connectivity index (χ1n) is 4.80. The van der Waals surface area contributed by atoms with E-state index in [4.69, 9.17) is 23.2 Å². The van der Waals surface area contributed by atoms with E-state index in [1.165, 1.54) is 6.07 Å². The minimum absolute atomic E-state index is 0.268. The van der Waals surface area contributed by atoms with Gasteiger partial charge < -0.3 is 0 Å². The van der Waals surface area contributed by atoms with Crippen LogP contribution in [0.1, 0.15) is 11.1 Å². The minimum Gasteiger partial charge on any atom is -0.207 e. The fourth-order valence-electron chi connectivity index (χ4n) is 1.52. The molecule has 0 radical (unpaired) electrons. The van der Waals surface area contributed by atoms with Gasteiger partial charge in [-0.25, -0.2) is 4.39 Å². The quantitative estimate of drug-likeness (QED) is 0.693. The first kappa shape index (κ1) is 11.4. The summed E-state index contributed by atoms with van der Waals surface area (Å²) in [6.45, 7) is 0. The van der Waals surface area contributed by atoms with Gasteiger partial charge in [0.2, 0.25) is 0 Å². The molecule has 2 rings (SSSR count). The van der Waals surface area contributed by atoms with E-state index >= 15 is 0 Å². The zero-order chi connectivity index (χ0) is 11.6. The highest BCUT2D eigenvalue weighted by atomic mass is 35.5. The van der Waals surface area contributed by atoms with Gasteiger partial charge in [-0.2, -0.15) is 0 Å². The van der Waals surface area contributed by atoms with Crippen molar-refractivity contribution >= 4 is 23.2 Å². The molecule has 0 bridgehead atoms. The number of halogens is 3. The predicted octanol–water partition coefficient (Wildman–Crippen LogP) is 4.50. The first-order valence-corrected chi connectivity index (χ1v) is 5.56. The van der Waals surface area contributed by atoms with Crippen molar-refractivity contribution in [2.75, 3.05) is 0 Å². The van der Waals surface area contributed by atoms with E-state index in [9.17, 15) is 4.39 Å². The van der Waals surface area contributed by atoms with E-state index in [2.05, 4.69) is 0 Å². The summed E-state index contributed by atoms with van der Waals surface area (Å²) < 4.78 is 12.2. The number of rotatable bonds is 2. The molecule has 0 nitrogen and oxygen atoms in total. The zero-order valence-electron chi connectivity index (χ0n) is 8.33. The molecule has 0 aromatic heterocycles. The Morgan fingerprint density at radius 1 is 0.812 bits per heavy atom. The Morgan fingerprint density at radius 2 is 1.38 bits per heavy atom. The SMILES string of the molecule is Fc1ccccc1C(Cl)(Cl)c1ccccc1. The van der Waals surface area contributed by atoms with Gasteiger partial charge in [0.1, 0.15) is 5.82 Å². The van der Waals surface area contributed by atoms with Gasteiger partial charge in [0, 0.05) is 5.56 Å². The molecule has 0 aliphatic carbocycles. The summed E-state index contributed by atoms with van der Waals surface area (Å²) in [6.07, 6.45) is 0. The minimum atomic E-state index is -1.35. The Balaban J connectivity index is 2.51. The molecule has 0 N–H and O–H groups in total. The second-order valence-electron chi connectivity index (χ2n) is 3.42. The number of benzene rings is 2. The molecule has 0 saturated heterocycles. The number of hydrogen-bond acceptors (Lipinski definition) is 0. The lowest BCUT2D eigenvalue weighted by Gasteiger charge is -2.21. The van der Waals surface area contributed by atoms with Crippen LogP contribution in [0.3, 0.4) is 0 Å². The fraction of sp³-hybridized carbons (Fsp3) is 0.0769. The lowest BCUT2D eigenvalue weighted by atomic mass is 10.0. The van der Waals surface area contributed by atoms with Crippen LogP contribution < -0.4 is 0 Å². The Labute approximate surface area is 104 Å². The molecule has 0 saturated carbocycles. The van der Waals surface area contributed by atoms with E-state index in [0.717, 1.165) is 0 Å². The van der Waals surface area contributed by atoms with Gasteiger partial charge in [-0.15, -0.1) is 0 Å². The second kappa shape index (κ2) is 4.44. The second-order valence-corrected chi connectivity index (χ2v) is 4.75. The Bertz CT molecular complexity index is 480. The van der Waals surface area contributed by atoms with Crippen LogP contribution in [0.5, 0.6) is 0 Å². The van der Waals surface area contributed by atoms with Crippen LogP contribution in [0, 0.1) is 5.82 Å². The van der Waals surface area contributed by atoms with Gasteiger partial charge in [-0.05, 0) is 11.6 Å². The van der Waals surface area contributed by atoms with Crippen molar-refractivity contribution in [3.63, 3.8) is 0 Å². The topological polar surface area (TPSA) is 0 Å². The standard InChI is InChI=1S/C13H9Cl2F/c14-13(15,10-6-2-1-3-7-10)11-8-4-5-9-12(11)16/h1-9H. The molecule has 2 aromatic carbocycles. The van der Waals surface area contributed by atoms with E-state index < -0.39 is 10.2 Å². The van der Waals surface area contributed by atoms with Crippen LogP contribution in [0.15, 0.2) is 54.6 Å². The molecule has 0 aliphatic heterocycles. The molecular weight excluding hydrogens is 246 g/mol. The third kappa shape index (κ3) is 2.06. The Hall–Kier alpha value is -1.05. The summed E-state index contributed by atoms with van der Waals surface area (Å²) in [5.41, 5.74) is 0.924. The molecule has 16 heavy (non-hydrogen) atoms. The molecule has 0 spiro atoms. The van der Waals surface area contributed by atoms with Crippen molar-refractivity contribution in [1.29, 1.82) is 0 Å². The molecule has 82 valence electrons. The number of hydrogen-bond donors (Lipinski definition) is 0. The summed E-state index contributed by atoms with van der Waals surface area (Å²) in [6, 6.07) is 15.3. The van der Waals surface area contributed by atoms with Gasteiger partial charge in [0.25, 0.3) is 0 Å². The zero-order valence-corrected chi connectivity index (χ0v) is 9.84. The molecule has 0 aliphatic rings. The van der Waals surface area contributed by atoms with Gasteiger partial charge in [-0.1, -0.05) is 71.7 Å². The van der Waals surface area contributed by atoms with E-state index in [1.807, 2.05) is 18.2 Å². The van der Waals surface area contributed by atoms with Gasteiger partial charge in [0.15, 0.2) is 4.33 Å². The highest BCUT2D eigenvalue weighted by molar-refractivity contribution is 6.50. The summed E-state index contributed by atoms with van der Waals surface area (Å²) in [5, 5.41) is 0. The van der Waals surface area contributed by atoms with Crippen molar-refractivity contribution in [1.82, 2.24) is 0 Å². The third-order valence-electron chi connectivity index (χ3n) is 2.35. The Morgan fingerprint density at radius 3 is 2.00 bits per heavy atom. The van der Waals surface area contributed by atoms with Gasteiger partial charge in [-0.3, -0.25) is 0 Å². The molecule has 0 atom stereocenters. The first-order chi connectivity index (χ1) is 7.62. The normalized spacial score (nSPS) is 11.4. The largest absolute Gasteiger partial charge is 0.207 e. The van der Waals surface area contributed by atoms with Crippen LogP contribution in [-0.4, -0.2) is 0 Å². The summed E-state index contributed by atoms with van der Waals surface area (Å²) in [7, 11) is 0. The fourth-order valence-corrected chi connectivity index (χ4v) is 2.08. The number of alkyl halides is 2. The maximum atomic E-state index is 13.6.